The van der Waals surface area contributed by atoms with E-state index < -0.39 is 0 Å². The Morgan fingerprint density at radius 3 is 1.87 bits per heavy atom. The van der Waals surface area contributed by atoms with Gasteiger partial charge in [0, 0.05) is 10.9 Å². The first kappa shape index (κ1) is 24.5. The lowest BCUT2D eigenvalue weighted by Gasteiger charge is -2.23. The highest BCUT2D eigenvalue weighted by atomic mass is 16.5. The van der Waals surface area contributed by atoms with E-state index in [0.29, 0.717) is 0 Å². The van der Waals surface area contributed by atoms with Crippen LogP contribution in [0.4, 0.5) is 0 Å². The van der Waals surface area contributed by atoms with Crippen molar-refractivity contribution in [2.75, 3.05) is 0 Å². The minimum Gasteiger partial charge on any atom is -0.456 e. The number of hydrogen-bond acceptors (Lipinski definition) is 1. The van der Waals surface area contributed by atoms with E-state index >= 15 is 0 Å². The number of fused-ring (bicyclic) bond motifs is 8. The van der Waals surface area contributed by atoms with Crippen molar-refractivity contribution in [2.24, 2.45) is 0 Å². The van der Waals surface area contributed by atoms with E-state index in [2.05, 4.69) is 158 Å². The Kier molecular flexibility index (Phi) is 5.06. The van der Waals surface area contributed by atoms with Gasteiger partial charge in [0.15, 0.2) is 0 Å². The first-order chi connectivity index (χ1) is 22.3. The lowest BCUT2D eigenvalue weighted by Crippen LogP contribution is -1.98. The van der Waals surface area contributed by atoms with Crippen LogP contribution in [0.5, 0.6) is 11.5 Å². The monoisotopic (exact) mass is 570 g/mol. The largest absolute Gasteiger partial charge is 0.456 e. The molecule has 0 N–H and O–H groups in total. The molecule has 0 unspecified atom stereocenters. The molecule has 1 nitrogen and oxygen atoms in total. The van der Waals surface area contributed by atoms with Gasteiger partial charge in [-0.3, -0.25) is 0 Å². The average molecular weight is 571 g/mol. The smallest absolute Gasteiger partial charge is 0.136 e. The molecule has 0 bridgehead atoms. The minimum absolute atomic E-state index is 0.899. The van der Waals surface area contributed by atoms with Gasteiger partial charge in [-0.2, -0.15) is 0 Å². The summed E-state index contributed by atoms with van der Waals surface area (Å²) in [4.78, 5) is 0. The Bertz CT molecular complexity index is 2670. The van der Waals surface area contributed by atoms with Crippen molar-refractivity contribution in [3.05, 3.63) is 158 Å². The van der Waals surface area contributed by atoms with Crippen LogP contribution in [0.1, 0.15) is 0 Å². The summed E-state index contributed by atoms with van der Waals surface area (Å²) in [7, 11) is 0. The number of rotatable bonds is 2. The molecule has 9 aromatic rings. The molecule has 1 heteroatoms. The Morgan fingerprint density at radius 2 is 1.00 bits per heavy atom. The molecule has 1 aliphatic heterocycles. The first-order valence-electron chi connectivity index (χ1n) is 15.5. The van der Waals surface area contributed by atoms with E-state index in [9.17, 15) is 0 Å². The predicted molar refractivity (Wildman–Crippen MR) is 190 cm³/mol. The highest BCUT2D eigenvalue weighted by Crippen LogP contribution is 2.50. The second-order valence-electron chi connectivity index (χ2n) is 12.0. The maximum Gasteiger partial charge on any atom is 0.136 e. The topological polar surface area (TPSA) is 9.23 Å². The van der Waals surface area contributed by atoms with Crippen LogP contribution in [0.2, 0.25) is 0 Å². The van der Waals surface area contributed by atoms with Crippen LogP contribution < -0.4 is 4.74 Å². The molecule has 9 aromatic carbocycles. The second-order valence-corrected chi connectivity index (χ2v) is 12.0. The average Bonchev–Trinajstić information content (AvgIpc) is 3.11. The van der Waals surface area contributed by atoms with E-state index in [1.165, 1.54) is 81.7 Å². The molecule has 208 valence electrons. The molecule has 1 heterocycles. The van der Waals surface area contributed by atoms with Gasteiger partial charge in [0.2, 0.25) is 0 Å². The molecule has 45 heavy (non-hydrogen) atoms. The van der Waals surface area contributed by atoms with Gasteiger partial charge in [0.05, 0.1) is 0 Å². The Morgan fingerprint density at radius 1 is 0.311 bits per heavy atom. The fraction of sp³-hybridized carbons (Fsp3) is 0. The SMILES string of the molecule is c1ccc(-c2c3cccc(-c4ccc5c(c4)-c4cccc6c4c(cc4ccccc46)O5)c3cc3c2ccc2ccccc23)cc1. The van der Waals surface area contributed by atoms with E-state index in [4.69, 9.17) is 4.74 Å². The van der Waals surface area contributed by atoms with E-state index in [-0.39, 0.29) is 0 Å². The summed E-state index contributed by atoms with van der Waals surface area (Å²) in [6, 6.07) is 57.3. The zero-order chi connectivity index (χ0) is 29.5. The fourth-order valence-electron chi connectivity index (χ4n) is 7.61. The molecule has 10 rings (SSSR count). The summed E-state index contributed by atoms with van der Waals surface area (Å²) in [5, 5.41) is 12.5. The first-order valence-corrected chi connectivity index (χ1v) is 15.5. The van der Waals surface area contributed by atoms with Gasteiger partial charge < -0.3 is 4.74 Å². The summed E-state index contributed by atoms with van der Waals surface area (Å²) >= 11 is 0. The Hall–Kier alpha value is -5.92. The van der Waals surface area contributed by atoms with Crippen molar-refractivity contribution >= 4 is 53.9 Å². The zero-order valence-corrected chi connectivity index (χ0v) is 24.4. The van der Waals surface area contributed by atoms with E-state index in [1.54, 1.807) is 0 Å². The minimum atomic E-state index is 0.899. The molecule has 0 fully saturated rings. The summed E-state index contributed by atoms with van der Waals surface area (Å²) < 4.78 is 6.62. The molecule has 0 amide bonds. The Balaban J connectivity index is 1.26. The summed E-state index contributed by atoms with van der Waals surface area (Å²) in [5.41, 5.74) is 7.27. The van der Waals surface area contributed by atoms with Crippen molar-refractivity contribution in [2.45, 2.75) is 0 Å². The molecule has 0 radical (unpaired) electrons. The standard InChI is InChI=1S/C44H26O/c1-2-11-28(12-3-1)43-35-18-8-16-33(39(35)26-38-31-14-6-4-10-27(31)20-22-37(38)43)30-21-23-41-40(24-30)36-19-9-17-34-32-15-7-5-13-29(32)25-42(45-41)44(34)36/h1-26H. The van der Waals surface area contributed by atoms with Gasteiger partial charge in [-0.25, -0.2) is 0 Å². The molecule has 0 saturated heterocycles. The molecule has 0 aliphatic carbocycles. The van der Waals surface area contributed by atoms with Crippen LogP contribution in [0, 0.1) is 0 Å². The van der Waals surface area contributed by atoms with Crippen LogP contribution in [-0.4, -0.2) is 0 Å². The van der Waals surface area contributed by atoms with Crippen molar-refractivity contribution in [3.63, 3.8) is 0 Å². The molecule has 0 saturated carbocycles. The quantitative estimate of drug-likeness (QED) is 0.148. The predicted octanol–water partition coefficient (Wildman–Crippen LogP) is 12.6. The van der Waals surface area contributed by atoms with Crippen LogP contribution in [0.15, 0.2) is 158 Å². The van der Waals surface area contributed by atoms with Crippen molar-refractivity contribution < 1.29 is 4.74 Å². The molecular weight excluding hydrogens is 544 g/mol. The van der Waals surface area contributed by atoms with Crippen molar-refractivity contribution in [3.8, 4) is 44.9 Å². The van der Waals surface area contributed by atoms with E-state index in [0.717, 1.165) is 17.1 Å². The molecular formula is C44H26O. The summed E-state index contributed by atoms with van der Waals surface area (Å²) in [6.07, 6.45) is 0. The van der Waals surface area contributed by atoms with Gasteiger partial charge in [-0.15, -0.1) is 0 Å². The van der Waals surface area contributed by atoms with Crippen LogP contribution in [0.25, 0.3) is 87.2 Å². The third kappa shape index (κ3) is 3.56. The molecule has 0 aromatic heterocycles. The Labute approximate surface area is 260 Å². The van der Waals surface area contributed by atoms with E-state index in [1.807, 2.05) is 0 Å². The zero-order valence-electron chi connectivity index (χ0n) is 24.4. The molecule has 0 spiro atoms. The molecule has 0 atom stereocenters. The lowest BCUT2D eigenvalue weighted by atomic mass is 9.86. The maximum absolute atomic E-state index is 6.62. The lowest BCUT2D eigenvalue weighted by molar-refractivity contribution is 0.488. The number of hydrogen-bond donors (Lipinski definition) is 0. The van der Waals surface area contributed by atoms with Crippen LogP contribution in [-0.2, 0) is 0 Å². The van der Waals surface area contributed by atoms with Crippen molar-refractivity contribution in [1.82, 2.24) is 0 Å². The number of benzene rings is 9. The summed E-state index contributed by atoms with van der Waals surface area (Å²) in [5.74, 6) is 1.83. The van der Waals surface area contributed by atoms with Crippen LogP contribution >= 0.6 is 0 Å². The van der Waals surface area contributed by atoms with Gasteiger partial charge in [-0.1, -0.05) is 133 Å². The van der Waals surface area contributed by atoms with Gasteiger partial charge in [0.25, 0.3) is 0 Å². The highest BCUT2D eigenvalue weighted by Gasteiger charge is 2.23. The van der Waals surface area contributed by atoms with Gasteiger partial charge >= 0.3 is 0 Å². The fourth-order valence-corrected chi connectivity index (χ4v) is 7.61. The highest BCUT2D eigenvalue weighted by molar-refractivity contribution is 6.22. The third-order valence-corrected chi connectivity index (χ3v) is 9.62. The second kappa shape index (κ2) is 9.29. The van der Waals surface area contributed by atoms with Crippen LogP contribution in [0.3, 0.4) is 0 Å². The van der Waals surface area contributed by atoms with Gasteiger partial charge in [-0.05, 0) is 101 Å². The van der Waals surface area contributed by atoms with Gasteiger partial charge in [0.1, 0.15) is 11.5 Å². The van der Waals surface area contributed by atoms with Crippen molar-refractivity contribution in [1.29, 1.82) is 0 Å². The summed E-state index contributed by atoms with van der Waals surface area (Å²) in [6.45, 7) is 0. The third-order valence-electron chi connectivity index (χ3n) is 9.62. The normalized spacial score (nSPS) is 12.2. The maximum atomic E-state index is 6.62. The number of ether oxygens (including phenoxy) is 1. The molecule has 1 aliphatic rings.